The molecule has 1 amide bonds. The molecular weight excluding hydrogens is 464 g/mol. The second-order valence-corrected chi connectivity index (χ2v) is 7.52. The number of aliphatic hydroxyl groups excluding tert-OH is 1. The molecule has 2 N–H and O–H groups in total. The smallest absolute Gasteiger partial charge is 0.416 e. The van der Waals surface area contributed by atoms with Crippen molar-refractivity contribution < 1.29 is 41.4 Å². The van der Waals surface area contributed by atoms with E-state index in [1.54, 1.807) is 30.3 Å². The zero-order valence-corrected chi connectivity index (χ0v) is 17.4. The number of alkyl halides is 6. The maximum absolute atomic E-state index is 13.4. The summed E-state index contributed by atoms with van der Waals surface area (Å²) in [5.41, 5.74) is -2.75. The van der Waals surface area contributed by atoms with E-state index in [0.717, 1.165) is 0 Å². The molecule has 0 heterocycles. The summed E-state index contributed by atoms with van der Waals surface area (Å²) < 4.78 is 79.2. The standard InChI is InChI=1S/C24H19F6NO3/c25-23(26,27)17-11-15(12-18(13-17)24(28,29)30)10-16(14-32)22(34)31(19-4-2-1-3-5-19)20-6-8-21(33)9-7-20/h1-9,11-13,16,32-33H,10,14H2. The lowest BCUT2D eigenvalue weighted by Crippen LogP contribution is -2.35. The third kappa shape index (κ3) is 5.88. The van der Waals surface area contributed by atoms with Crippen LogP contribution in [-0.4, -0.2) is 22.7 Å². The van der Waals surface area contributed by atoms with Crippen LogP contribution >= 0.6 is 0 Å². The van der Waals surface area contributed by atoms with E-state index in [1.807, 2.05) is 0 Å². The minimum absolute atomic E-state index is 0.00594. The highest BCUT2D eigenvalue weighted by molar-refractivity contribution is 6.02. The molecule has 3 rings (SSSR count). The van der Waals surface area contributed by atoms with Crippen molar-refractivity contribution in [2.24, 2.45) is 5.92 Å². The van der Waals surface area contributed by atoms with Crippen LogP contribution in [0.5, 0.6) is 5.75 Å². The predicted octanol–water partition coefficient (Wildman–Crippen LogP) is 5.95. The summed E-state index contributed by atoms with van der Waals surface area (Å²) >= 11 is 0. The van der Waals surface area contributed by atoms with Crippen molar-refractivity contribution in [1.82, 2.24) is 0 Å². The van der Waals surface area contributed by atoms with Gasteiger partial charge in [0.2, 0.25) is 5.91 Å². The molecule has 180 valence electrons. The van der Waals surface area contributed by atoms with Gasteiger partial charge >= 0.3 is 12.4 Å². The van der Waals surface area contributed by atoms with Gasteiger partial charge in [-0.2, -0.15) is 26.3 Å². The van der Waals surface area contributed by atoms with E-state index in [9.17, 15) is 41.4 Å². The third-order valence-corrected chi connectivity index (χ3v) is 5.04. The van der Waals surface area contributed by atoms with E-state index in [4.69, 9.17) is 0 Å². The topological polar surface area (TPSA) is 60.8 Å². The molecule has 0 saturated heterocycles. The summed E-state index contributed by atoms with van der Waals surface area (Å²) in [6.07, 6.45) is -10.6. The normalized spacial score (nSPS) is 12.9. The molecule has 0 spiro atoms. The number of halogens is 6. The van der Waals surface area contributed by atoms with Gasteiger partial charge in [0.25, 0.3) is 0 Å². The minimum atomic E-state index is -5.03. The Morgan fingerprint density at radius 3 is 1.76 bits per heavy atom. The zero-order valence-electron chi connectivity index (χ0n) is 17.4. The second kappa shape index (κ2) is 9.76. The van der Waals surface area contributed by atoms with Crippen molar-refractivity contribution in [2.75, 3.05) is 11.5 Å². The van der Waals surface area contributed by atoms with E-state index < -0.39 is 53.9 Å². The van der Waals surface area contributed by atoms with Gasteiger partial charge in [-0.3, -0.25) is 9.69 Å². The molecule has 0 aliphatic rings. The van der Waals surface area contributed by atoms with Gasteiger partial charge in [0.05, 0.1) is 23.7 Å². The summed E-state index contributed by atoms with van der Waals surface area (Å²) in [6, 6.07) is 14.7. The monoisotopic (exact) mass is 483 g/mol. The molecule has 0 aliphatic heterocycles. The van der Waals surface area contributed by atoms with Crippen LogP contribution in [0, 0.1) is 5.92 Å². The number of aliphatic hydroxyl groups is 1. The number of phenolic OH excluding ortho intramolecular Hbond substituents is 1. The number of carbonyl (C=O) groups is 1. The highest BCUT2D eigenvalue weighted by Crippen LogP contribution is 2.37. The first-order valence-corrected chi connectivity index (χ1v) is 9.97. The number of para-hydroxylation sites is 1. The van der Waals surface area contributed by atoms with Crippen LogP contribution in [0.25, 0.3) is 0 Å². The van der Waals surface area contributed by atoms with Crippen LogP contribution in [0.4, 0.5) is 37.7 Å². The number of aromatic hydroxyl groups is 1. The van der Waals surface area contributed by atoms with Crippen molar-refractivity contribution in [3.05, 3.63) is 89.5 Å². The molecule has 3 aromatic carbocycles. The maximum atomic E-state index is 13.4. The maximum Gasteiger partial charge on any atom is 0.416 e. The van der Waals surface area contributed by atoms with Crippen molar-refractivity contribution in [3.63, 3.8) is 0 Å². The van der Waals surface area contributed by atoms with E-state index in [2.05, 4.69) is 0 Å². The number of benzene rings is 3. The van der Waals surface area contributed by atoms with Gasteiger partial charge in [-0.1, -0.05) is 18.2 Å². The summed E-state index contributed by atoms with van der Waals surface area (Å²) in [4.78, 5) is 14.6. The largest absolute Gasteiger partial charge is 0.508 e. The van der Waals surface area contributed by atoms with Gasteiger partial charge in [-0.05, 0) is 66.6 Å². The molecule has 1 unspecified atom stereocenters. The fraction of sp³-hybridized carbons (Fsp3) is 0.208. The number of phenols is 1. The number of carbonyl (C=O) groups excluding carboxylic acids is 1. The average molecular weight is 483 g/mol. The van der Waals surface area contributed by atoms with Gasteiger partial charge in [0.1, 0.15) is 5.75 Å². The molecule has 0 aliphatic carbocycles. The first-order chi connectivity index (χ1) is 15.9. The number of nitrogens with zero attached hydrogens (tertiary/aromatic N) is 1. The molecule has 0 bridgehead atoms. The fourth-order valence-electron chi connectivity index (χ4n) is 3.42. The number of amides is 1. The van der Waals surface area contributed by atoms with Crippen molar-refractivity contribution in [1.29, 1.82) is 0 Å². The molecule has 0 radical (unpaired) electrons. The van der Waals surface area contributed by atoms with E-state index >= 15 is 0 Å². The van der Waals surface area contributed by atoms with E-state index in [1.165, 1.54) is 29.2 Å². The fourth-order valence-corrected chi connectivity index (χ4v) is 3.42. The lowest BCUT2D eigenvalue weighted by molar-refractivity contribution is -0.143. The van der Waals surface area contributed by atoms with Crippen molar-refractivity contribution in [3.8, 4) is 5.75 Å². The van der Waals surface area contributed by atoms with Gasteiger partial charge in [-0.15, -0.1) is 0 Å². The van der Waals surface area contributed by atoms with Crippen LogP contribution in [0.3, 0.4) is 0 Å². The molecule has 4 nitrogen and oxygen atoms in total. The highest BCUT2D eigenvalue weighted by Gasteiger charge is 2.37. The van der Waals surface area contributed by atoms with Gasteiger partial charge in [-0.25, -0.2) is 0 Å². The molecular formula is C24H19F6NO3. The van der Waals surface area contributed by atoms with E-state index in [0.29, 0.717) is 17.8 Å². The average Bonchev–Trinajstić information content (AvgIpc) is 2.78. The summed E-state index contributed by atoms with van der Waals surface area (Å²) in [5, 5.41) is 19.4. The van der Waals surface area contributed by atoms with Crippen LogP contribution in [0.2, 0.25) is 0 Å². The lowest BCUT2D eigenvalue weighted by Gasteiger charge is -2.27. The highest BCUT2D eigenvalue weighted by atomic mass is 19.4. The van der Waals surface area contributed by atoms with Crippen molar-refractivity contribution in [2.45, 2.75) is 18.8 Å². The summed E-state index contributed by atoms with van der Waals surface area (Å²) in [5.74, 6) is -2.17. The Morgan fingerprint density at radius 1 is 0.794 bits per heavy atom. The molecule has 1 atom stereocenters. The van der Waals surface area contributed by atoms with Gasteiger partial charge < -0.3 is 10.2 Å². The summed E-state index contributed by atoms with van der Waals surface area (Å²) in [7, 11) is 0. The predicted molar refractivity (Wildman–Crippen MR) is 112 cm³/mol. The second-order valence-electron chi connectivity index (χ2n) is 7.52. The van der Waals surface area contributed by atoms with Crippen LogP contribution in [0.1, 0.15) is 16.7 Å². The number of hydrogen-bond acceptors (Lipinski definition) is 3. The first kappa shape index (κ1) is 25.1. The summed E-state index contributed by atoms with van der Waals surface area (Å²) in [6.45, 7) is -0.822. The SMILES string of the molecule is O=C(C(CO)Cc1cc(C(F)(F)F)cc(C(F)(F)F)c1)N(c1ccccc1)c1ccc(O)cc1. The molecule has 34 heavy (non-hydrogen) atoms. The Labute approximate surface area is 190 Å². The van der Waals surface area contributed by atoms with Crippen LogP contribution in [0.15, 0.2) is 72.8 Å². The third-order valence-electron chi connectivity index (χ3n) is 5.04. The van der Waals surface area contributed by atoms with E-state index in [-0.39, 0.29) is 17.5 Å². The number of rotatable bonds is 6. The molecule has 0 saturated carbocycles. The Kier molecular flexibility index (Phi) is 7.21. The molecule has 10 heteroatoms. The minimum Gasteiger partial charge on any atom is -0.508 e. The zero-order chi connectivity index (χ0) is 25.1. The molecule has 0 aromatic heterocycles. The Morgan fingerprint density at radius 2 is 1.29 bits per heavy atom. The van der Waals surface area contributed by atoms with Gasteiger partial charge in [0.15, 0.2) is 0 Å². The lowest BCUT2D eigenvalue weighted by atomic mass is 9.94. The number of hydrogen-bond donors (Lipinski definition) is 2. The molecule has 3 aromatic rings. The van der Waals surface area contributed by atoms with Crippen molar-refractivity contribution >= 4 is 17.3 Å². The Hall–Kier alpha value is -3.53. The van der Waals surface area contributed by atoms with Crippen LogP contribution < -0.4 is 4.90 Å². The van der Waals surface area contributed by atoms with Gasteiger partial charge in [0, 0.05) is 11.4 Å². The Bertz CT molecular complexity index is 1100. The Balaban J connectivity index is 2.02. The van der Waals surface area contributed by atoms with Crippen LogP contribution in [-0.2, 0) is 23.6 Å². The quantitative estimate of drug-likeness (QED) is 0.427. The number of anilines is 2. The first-order valence-electron chi connectivity index (χ1n) is 9.97. The molecule has 0 fully saturated rings.